The Morgan fingerprint density at radius 3 is 2.31 bits per heavy atom. The average molecular weight is 387 g/mol. The number of rotatable bonds is 5. The van der Waals surface area contributed by atoms with Crippen LogP contribution in [0.25, 0.3) is 0 Å². The molecule has 4 rings (SSSR count). The van der Waals surface area contributed by atoms with E-state index in [2.05, 4.69) is 0 Å². The molecular weight excluding hydrogens is 366 g/mol. The average Bonchev–Trinajstić information content (AvgIpc) is 3.21. The lowest BCUT2D eigenvalue weighted by Crippen LogP contribution is -2.36. The number of methoxy groups -OCH3 is 1. The van der Waals surface area contributed by atoms with Crippen molar-refractivity contribution >= 4 is 17.6 Å². The van der Waals surface area contributed by atoms with Crippen LogP contribution < -0.4 is 9.64 Å². The number of hydrogen-bond acceptors (Lipinski definition) is 4. The summed E-state index contributed by atoms with van der Waals surface area (Å²) in [7, 11) is 1.36. The second-order valence-electron chi connectivity index (χ2n) is 6.80. The topological polar surface area (TPSA) is 55.8 Å². The Morgan fingerprint density at radius 1 is 0.931 bits per heavy atom. The molecule has 1 aliphatic heterocycles. The van der Waals surface area contributed by atoms with Gasteiger partial charge in [0, 0.05) is 17.8 Å². The maximum Gasteiger partial charge on any atom is 0.337 e. The summed E-state index contributed by atoms with van der Waals surface area (Å²) in [5, 5.41) is 0. The number of benzene rings is 3. The maximum atomic E-state index is 13.5. The van der Waals surface area contributed by atoms with Crippen LogP contribution in [-0.2, 0) is 16.0 Å². The van der Waals surface area contributed by atoms with Crippen LogP contribution in [0.1, 0.15) is 27.6 Å². The number of fused-ring (bicyclic) bond motifs is 1. The molecular formula is C24H21NO4. The molecule has 3 aromatic carbocycles. The number of carbonyl (C=O) groups excluding carboxylic acids is 2. The summed E-state index contributed by atoms with van der Waals surface area (Å²) in [4.78, 5) is 27.0. The van der Waals surface area contributed by atoms with Gasteiger partial charge >= 0.3 is 5.97 Å². The summed E-state index contributed by atoms with van der Waals surface area (Å²) in [6.45, 7) is 0.542. The smallest absolute Gasteiger partial charge is 0.337 e. The lowest BCUT2D eigenvalue weighted by atomic mass is 10.1. The highest BCUT2D eigenvalue weighted by Gasteiger charge is 2.33. The minimum atomic E-state index is -0.759. The highest BCUT2D eigenvalue weighted by atomic mass is 16.5. The number of ether oxygens (including phenoxy) is 2. The number of para-hydroxylation sites is 1. The van der Waals surface area contributed by atoms with Crippen LogP contribution in [0.4, 0.5) is 5.69 Å². The molecule has 1 heterocycles. The number of anilines is 1. The molecule has 0 aromatic heterocycles. The standard InChI is InChI=1S/C24H21NO4/c1-28-24(27)19-12-13-21-18(16-19)14-15-25(21)23(26)22(17-8-4-2-5-9-17)29-20-10-6-3-7-11-20/h2-13,16,22H,14-15H2,1H3. The van der Waals surface area contributed by atoms with Crippen molar-refractivity contribution in [1.82, 2.24) is 0 Å². The zero-order valence-corrected chi connectivity index (χ0v) is 16.1. The number of carbonyl (C=O) groups is 2. The van der Waals surface area contributed by atoms with Crippen LogP contribution >= 0.6 is 0 Å². The van der Waals surface area contributed by atoms with E-state index in [1.807, 2.05) is 60.7 Å². The third-order valence-electron chi connectivity index (χ3n) is 4.99. The number of hydrogen-bond donors (Lipinski definition) is 0. The van der Waals surface area contributed by atoms with E-state index in [1.165, 1.54) is 7.11 Å². The van der Waals surface area contributed by atoms with Gasteiger partial charge in [-0.3, -0.25) is 4.79 Å². The van der Waals surface area contributed by atoms with Gasteiger partial charge in [0.25, 0.3) is 5.91 Å². The molecule has 0 fully saturated rings. The monoisotopic (exact) mass is 387 g/mol. The minimum Gasteiger partial charge on any atom is -0.476 e. The molecule has 0 N–H and O–H groups in total. The van der Waals surface area contributed by atoms with Gasteiger partial charge in [-0.15, -0.1) is 0 Å². The Kier molecular flexibility index (Phi) is 5.29. The first kappa shape index (κ1) is 18.7. The first-order valence-electron chi connectivity index (χ1n) is 9.46. The van der Waals surface area contributed by atoms with Gasteiger partial charge < -0.3 is 14.4 Å². The summed E-state index contributed by atoms with van der Waals surface area (Å²) in [5.41, 5.74) is 3.04. The molecule has 0 bridgehead atoms. The SMILES string of the molecule is COC(=O)c1ccc2c(c1)CCN2C(=O)C(Oc1ccccc1)c1ccccc1. The normalized spacial score (nSPS) is 13.5. The van der Waals surface area contributed by atoms with E-state index in [9.17, 15) is 9.59 Å². The van der Waals surface area contributed by atoms with Crippen molar-refractivity contribution in [2.45, 2.75) is 12.5 Å². The highest BCUT2D eigenvalue weighted by Crippen LogP contribution is 2.33. The molecule has 1 amide bonds. The molecule has 0 saturated heterocycles. The largest absolute Gasteiger partial charge is 0.476 e. The molecule has 146 valence electrons. The molecule has 0 saturated carbocycles. The molecule has 5 nitrogen and oxygen atoms in total. The summed E-state index contributed by atoms with van der Waals surface area (Å²) in [5.74, 6) is 0.118. The Hall–Kier alpha value is -3.60. The number of esters is 1. The lowest BCUT2D eigenvalue weighted by Gasteiger charge is -2.25. The van der Waals surface area contributed by atoms with Crippen molar-refractivity contribution < 1.29 is 19.1 Å². The zero-order chi connectivity index (χ0) is 20.2. The van der Waals surface area contributed by atoms with E-state index in [-0.39, 0.29) is 11.9 Å². The van der Waals surface area contributed by atoms with E-state index in [0.29, 0.717) is 24.3 Å². The van der Waals surface area contributed by atoms with Gasteiger partial charge in [-0.25, -0.2) is 4.79 Å². The molecule has 3 aromatic rings. The molecule has 1 aliphatic rings. The van der Waals surface area contributed by atoms with Gasteiger partial charge in [-0.1, -0.05) is 48.5 Å². The van der Waals surface area contributed by atoms with Crippen molar-refractivity contribution in [3.05, 3.63) is 95.6 Å². The van der Waals surface area contributed by atoms with Gasteiger partial charge in [0.05, 0.1) is 12.7 Å². The molecule has 29 heavy (non-hydrogen) atoms. The molecule has 5 heteroatoms. The fraction of sp³-hybridized carbons (Fsp3) is 0.167. The van der Waals surface area contributed by atoms with E-state index in [4.69, 9.17) is 9.47 Å². The minimum absolute atomic E-state index is 0.135. The first-order valence-corrected chi connectivity index (χ1v) is 9.46. The maximum absolute atomic E-state index is 13.5. The number of nitrogens with zero attached hydrogens (tertiary/aromatic N) is 1. The highest BCUT2D eigenvalue weighted by molar-refractivity contribution is 6.00. The van der Waals surface area contributed by atoms with Crippen LogP contribution in [-0.4, -0.2) is 25.5 Å². The lowest BCUT2D eigenvalue weighted by molar-refractivity contribution is -0.125. The predicted molar refractivity (Wildman–Crippen MR) is 110 cm³/mol. The van der Waals surface area contributed by atoms with Crippen LogP contribution in [0.3, 0.4) is 0 Å². The molecule has 0 aliphatic carbocycles. The Bertz CT molecular complexity index is 1020. The fourth-order valence-electron chi connectivity index (χ4n) is 3.54. The first-order chi connectivity index (χ1) is 14.2. The third-order valence-corrected chi connectivity index (χ3v) is 4.99. The van der Waals surface area contributed by atoms with Crippen molar-refractivity contribution in [2.24, 2.45) is 0 Å². The summed E-state index contributed by atoms with van der Waals surface area (Å²) in [6, 6.07) is 24.1. The molecule has 1 atom stereocenters. The van der Waals surface area contributed by atoms with Crippen LogP contribution in [0.5, 0.6) is 5.75 Å². The summed E-state index contributed by atoms with van der Waals surface area (Å²) in [6.07, 6.45) is -0.0801. The molecule has 0 spiro atoms. The Balaban J connectivity index is 1.65. The van der Waals surface area contributed by atoms with Crippen molar-refractivity contribution in [3.63, 3.8) is 0 Å². The molecule has 1 unspecified atom stereocenters. The molecule has 0 radical (unpaired) electrons. The van der Waals surface area contributed by atoms with E-state index < -0.39 is 6.10 Å². The van der Waals surface area contributed by atoms with E-state index >= 15 is 0 Å². The van der Waals surface area contributed by atoms with Gasteiger partial charge in [-0.05, 0) is 42.3 Å². The quantitative estimate of drug-likeness (QED) is 0.616. The van der Waals surface area contributed by atoms with Crippen molar-refractivity contribution in [1.29, 1.82) is 0 Å². The third kappa shape index (κ3) is 3.85. The fourth-order valence-corrected chi connectivity index (χ4v) is 3.54. The van der Waals surface area contributed by atoms with E-state index in [1.54, 1.807) is 23.1 Å². The summed E-state index contributed by atoms with van der Waals surface area (Å²) < 4.78 is 10.9. The summed E-state index contributed by atoms with van der Waals surface area (Å²) >= 11 is 0. The van der Waals surface area contributed by atoms with Gasteiger partial charge in [0.1, 0.15) is 5.75 Å². The van der Waals surface area contributed by atoms with Crippen LogP contribution in [0.2, 0.25) is 0 Å². The van der Waals surface area contributed by atoms with Gasteiger partial charge in [0.15, 0.2) is 0 Å². The zero-order valence-electron chi connectivity index (χ0n) is 16.1. The van der Waals surface area contributed by atoms with Gasteiger partial charge in [0.2, 0.25) is 6.10 Å². The van der Waals surface area contributed by atoms with Crippen LogP contribution in [0, 0.1) is 0 Å². The number of amides is 1. The predicted octanol–water partition coefficient (Wildman–Crippen LogP) is 4.18. The van der Waals surface area contributed by atoms with Crippen molar-refractivity contribution in [2.75, 3.05) is 18.6 Å². The second kappa shape index (κ2) is 8.19. The second-order valence-corrected chi connectivity index (χ2v) is 6.80. The van der Waals surface area contributed by atoms with Crippen LogP contribution in [0.15, 0.2) is 78.9 Å². The van der Waals surface area contributed by atoms with Crippen molar-refractivity contribution in [3.8, 4) is 5.75 Å². The Labute approximate surface area is 169 Å². The van der Waals surface area contributed by atoms with Gasteiger partial charge in [-0.2, -0.15) is 0 Å². The Morgan fingerprint density at radius 2 is 1.62 bits per heavy atom. The van der Waals surface area contributed by atoms with E-state index in [0.717, 1.165) is 16.8 Å².